The third-order valence-corrected chi connectivity index (χ3v) is 2.70. The molecular weight excluding hydrogens is 206 g/mol. The third kappa shape index (κ3) is 2.41. The van der Waals surface area contributed by atoms with Gasteiger partial charge in [-0.05, 0) is 13.8 Å². The number of hydrogen-bond donors (Lipinski definition) is 1. The van der Waals surface area contributed by atoms with Gasteiger partial charge in [-0.3, -0.25) is 0 Å². The normalized spacial score (nSPS) is 17.4. The van der Waals surface area contributed by atoms with Crippen LogP contribution in [-0.4, -0.2) is 29.3 Å². The molecule has 0 aliphatic carbocycles. The van der Waals surface area contributed by atoms with Gasteiger partial charge in [0.2, 0.25) is 5.88 Å². The zero-order valence-corrected chi connectivity index (χ0v) is 9.69. The molecule has 1 aromatic rings. The maximum Gasteiger partial charge on any atom is 0.222 e. The molecule has 1 saturated heterocycles. The summed E-state index contributed by atoms with van der Waals surface area (Å²) in [5.41, 5.74) is 6.59. The number of nitrogens with two attached hydrogens (primary N) is 1. The van der Waals surface area contributed by atoms with Crippen LogP contribution in [0, 0.1) is 13.8 Å². The van der Waals surface area contributed by atoms with Gasteiger partial charge in [0.1, 0.15) is 17.7 Å². The van der Waals surface area contributed by atoms with Crippen LogP contribution < -0.4 is 10.5 Å². The molecule has 1 fully saturated rings. The molecule has 0 atom stereocenters. The number of nitrogens with zero attached hydrogens (tertiary/aromatic N) is 2. The minimum atomic E-state index is 0.182. The lowest BCUT2D eigenvalue weighted by molar-refractivity contribution is 0.0233. The maximum absolute atomic E-state index is 5.84. The molecule has 0 spiro atoms. The molecule has 0 bridgehead atoms. The second-order valence-electron chi connectivity index (χ2n) is 4.02. The highest BCUT2D eigenvalue weighted by molar-refractivity contribution is 5.44. The summed E-state index contributed by atoms with van der Waals surface area (Å²) in [6.45, 7) is 5.20. The first kappa shape index (κ1) is 11.1. The third-order valence-electron chi connectivity index (χ3n) is 2.70. The number of rotatable bonds is 2. The van der Waals surface area contributed by atoms with Crippen molar-refractivity contribution in [1.29, 1.82) is 0 Å². The standard InChI is InChI=1S/C11H17N3O2/c1-7-10(12)13-8(2)14-11(7)16-9-3-5-15-6-4-9/h9H,3-6H2,1-2H3,(H2,12,13,14). The van der Waals surface area contributed by atoms with E-state index in [0.29, 0.717) is 17.5 Å². The van der Waals surface area contributed by atoms with Crippen molar-refractivity contribution in [2.45, 2.75) is 32.8 Å². The smallest absolute Gasteiger partial charge is 0.222 e. The van der Waals surface area contributed by atoms with Crippen LogP contribution >= 0.6 is 0 Å². The summed E-state index contributed by atoms with van der Waals surface area (Å²) in [5, 5.41) is 0. The zero-order valence-electron chi connectivity index (χ0n) is 9.69. The first-order chi connectivity index (χ1) is 7.66. The lowest BCUT2D eigenvalue weighted by atomic mass is 10.1. The number of aryl methyl sites for hydroxylation is 1. The fourth-order valence-corrected chi connectivity index (χ4v) is 1.69. The molecule has 0 radical (unpaired) electrons. The average molecular weight is 223 g/mol. The largest absolute Gasteiger partial charge is 0.474 e. The monoisotopic (exact) mass is 223 g/mol. The predicted molar refractivity (Wildman–Crippen MR) is 60.4 cm³/mol. The summed E-state index contributed by atoms with van der Waals surface area (Å²) in [6.07, 6.45) is 1.99. The van der Waals surface area contributed by atoms with Gasteiger partial charge in [0.25, 0.3) is 0 Å². The SMILES string of the molecule is Cc1nc(N)c(C)c(OC2CCOCC2)n1. The highest BCUT2D eigenvalue weighted by atomic mass is 16.5. The fourth-order valence-electron chi connectivity index (χ4n) is 1.69. The van der Waals surface area contributed by atoms with E-state index in [1.54, 1.807) is 0 Å². The van der Waals surface area contributed by atoms with Gasteiger partial charge in [0.05, 0.1) is 18.8 Å². The van der Waals surface area contributed by atoms with Gasteiger partial charge in [0.15, 0.2) is 0 Å². The Balaban J connectivity index is 2.13. The average Bonchev–Trinajstić information content (AvgIpc) is 2.27. The molecule has 5 heteroatoms. The number of anilines is 1. The van der Waals surface area contributed by atoms with E-state index in [9.17, 15) is 0 Å². The highest BCUT2D eigenvalue weighted by Crippen LogP contribution is 2.22. The second kappa shape index (κ2) is 4.65. The van der Waals surface area contributed by atoms with Crippen LogP contribution in [-0.2, 0) is 4.74 Å². The molecule has 1 aliphatic heterocycles. The predicted octanol–water partition coefficient (Wildman–Crippen LogP) is 1.23. The van der Waals surface area contributed by atoms with Crippen LogP contribution in [0.5, 0.6) is 5.88 Å². The first-order valence-electron chi connectivity index (χ1n) is 5.52. The Morgan fingerprint density at radius 1 is 1.25 bits per heavy atom. The molecule has 88 valence electrons. The quantitative estimate of drug-likeness (QED) is 0.816. The lowest BCUT2D eigenvalue weighted by Gasteiger charge is -2.23. The number of aromatic nitrogens is 2. The van der Waals surface area contributed by atoms with E-state index in [1.165, 1.54) is 0 Å². The van der Waals surface area contributed by atoms with Crippen molar-refractivity contribution in [3.63, 3.8) is 0 Å². The minimum Gasteiger partial charge on any atom is -0.474 e. The van der Waals surface area contributed by atoms with Crippen molar-refractivity contribution in [3.8, 4) is 5.88 Å². The van der Waals surface area contributed by atoms with Gasteiger partial charge in [-0.2, -0.15) is 4.98 Å². The molecule has 5 nitrogen and oxygen atoms in total. The van der Waals surface area contributed by atoms with Gasteiger partial charge < -0.3 is 15.2 Å². The van der Waals surface area contributed by atoms with Gasteiger partial charge >= 0.3 is 0 Å². The highest BCUT2D eigenvalue weighted by Gasteiger charge is 2.18. The van der Waals surface area contributed by atoms with Gasteiger partial charge in [-0.25, -0.2) is 4.98 Å². The Morgan fingerprint density at radius 2 is 1.94 bits per heavy atom. The van der Waals surface area contributed by atoms with Crippen molar-refractivity contribution in [1.82, 2.24) is 9.97 Å². The van der Waals surface area contributed by atoms with E-state index >= 15 is 0 Å². The molecule has 0 saturated carbocycles. The number of hydrogen-bond acceptors (Lipinski definition) is 5. The summed E-state index contributed by atoms with van der Waals surface area (Å²) >= 11 is 0. The summed E-state index contributed by atoms with van der Waals surface area (Å²) < 4.78 is 11.1. The molecule has 0 aromatic carbocycles. The summed E-state index contributed by atoms with van der Waals surface area (Å²) in [5.74, 6) is 1.75. The summed E-state index contributed by atoms with van der Waals surface area (Å²) in [7, 11) is 0. The van der Waals surface area contributed by atoms with Crippen LogP contribution in [0.4, 0.5) is 5.82 Å². The van der Waals surface area contributed by atoms with E-state index in [2.05, 4.69) is 9.97 Å². The van der Waals surface area contributed by atoms with E-state index in [4.69, 9.17) is 15.2 Å². The van der Waals surface area contributed by atoms with Crippen molar-refractivity contribution in [2.75, 3.05) is 18.9 Å². The fraction of sp³-hybridized carbons (Fsp3) is 0.636. The van der Waals surface area contributed by atoms with Gasteiger partial charge in [-0.1, -0.05) is 0 Å². The molecule has 2 heterocycles. The summed E-state index contributed by atoms with van der Waals surface area (Å²) in [6, 6.07) is 0. The van der Waals surface area contributed by atoms with E-state index in [1.807, 2.05) is 13.8 Å². The van der Waals surface area contributed by atoms with E-state index < -0.39 is 0 Å². The Hall–Kier alpha value is -1.36. The Morgan fingerprint density at radius 3 is 2.62 bits per heavy atom. The van der Waals surface area contributed by atoms with Gasteiger partial charge in [-0.15, -0.1) is 0 Å². The topological polar surface area (TPSA) is 70.3 Å². The van der Waals surface area contributed by atoms with E-state index in [0.717, 1.165) is 31.6 Å². The molecule has 16 heavy (non-hydrogen) atoms. The molecule has 0 unspecified atom stereocenters. The molecular formula is C11H17N3O2. The molecule has 2 N–H and O–H groups in total. The Labute approximate surface area is 95.0 Å². The first-order valence-corrected chi connectivity index (χ1v) is 5.52. The van der Waals surface area contributed by atoms with Crippen molar-refractivity contribution in [3.05, 3.63) is 11.4 Å². The van der Waals surface area contributed by atoms with Crippen LogP contribution in [0.25, 0.3) is 0 Å². The molecule has 1 aromatic heterocycles. The molecule has 2 rings (SSSR count). The van der Waals surface area contributed by atoms with Crippen LogP contribution in [0.15, 0.2) is 0 Å². The summed E-state index contributed by atoms with van der Waals surface area (Å²) in [4.78, 5) is 8.36. The van der Waals surface area contributed by atoms with E-state index in [-0.39, 0.29) is 6.10 Å². The van der Waals surface area contributed by atoms with Crippen LogP contribution in [0.3, 0.4) is 0 Å². The second-order valence-corrected chi connectivity index (χ2v) is 4.02. The Bertz CT molecular complexity index is 376. The minimum absolute atomic E-state index is 0.182. The van der Waals surface area contributed by atoms with Crippen molar-refractivity contribution in [2.24, 2.45) is 0 Å². The molecule has 0 amide bonds. The van der Waals surface area contributed by atoms with Crippen LogP contribution in [0.2, 0.25) is 0 Å². The zero-order chi connectivity index (χ0) is 11.5. The maximum atomic E-state index is 5.84. The van der Waals surface area contributed by atoms with Crippen molar-refractivity contribution >= 4 is 5.82 Å². The van der Waals surface area contributed by atoms with Crippen molar-refractivity contribution < 1.29 is 9.47 Å². The number of ether oxygens (including phenoxy) is 2. The van der Waals surface area contributed by atoms with Gasteiger partial charge in [0, 0.05) is 12.8 Å². The molecule has 1 aliphatic rings. The lowest BCUT2D eigenvalue weighted by Crippen LogP contribution is -2.26. The van der Waals surface area contributed by atoms with Crippen LogP contribution in [0.1, 0.15) is 24.2 Å². The number of nitrogen functional groups attached to an aromatic ring is 1. The Kier molecular flexibility index (Phi) is 3.24.